The fraction of sp³-hybridized carbons (Fsp3) is 0.533. The van der Waals surface area contributed by atoms with Crippen LogP contribution in [0.3, 0.4) is 0 Å². The first-order valence-electron chi connectivity index (χ1n) is 6.94. The Morgan fingerprint density at radius 2 is 2.11 bits per heavy atom. The number of morpholine rings is 1. The summed E-state index contributed by atoms with van der Waals surface area (Å²) in [6, 6.07) is 8.35. The van der Waals surface area contributed by atoms with Gasteiger partial charge < -0.3 is 15.4 Å². The second-order valence-corrected chi connectivity index (χ2v) is 4.85. The van der Waals surface area contributed by atoms with Crippen molar-refractivity contribution in [3.8, 4) is 0 Å². The minimum Gasteiger partial charge on any atom is -0.375 e. The molecule has 4 heteroatoms. The van der Waals surface area contributed by atoms with E-state index in [0.29, 0.717) is 19.6 Å². The van der Waals surface area contributed by atoms with E-state index in [1.807, 2.05) is 0 Å². The minimum atomic E-state index is 0.0104. The molecule has 2 rings (SSSR count). The monoisotopic (exact) mass is 262 g/mol. The predicted molar refractivity (Wildman–Crippen MR) is 74.9 cm³/mol. The van der Waals surface area contributed by atoms with Gasteiger partial charge in [-0.2, -0.15) is 0 Å². The van der Waals surface area contributed by atoms with Crippen molar-refractivity contribution in [1.82, 2.24) is 10.6 Å². The van der Waals surface area contributed by atoms with Crippen LogP contribution in [0.2, 0.25) is 0 Å². The maximum atomic E-state index is 11.8. The molecule has 0 spiro atoms. The lowest BCUT2D eigenvalue weighted by molar-refractivity contribution is -0.124. The van der Waals surface area contributed by atoms with Crippen LogP contribution in [0.1, 0.15) is 24.5 Å². The summed E-state index contributed by atoms with van der Waals surface area (Å²) in [4.78, 5) is 11.8. The molecule has 0 aliphatic carbocycles. The number of amides is 1. The van der Waals surface area contributed by atoms with Crippen molar-refractivity contribution in [2.75, 3.05) is 19.7 Å². The summed E-state index contributed by atoms with van der Waals surface area (Å²) < 4.78 is 5.51. The van der Waals surface area contributed by atoms with Crippen molar-refractivity contribution < 1.29 is 9.53 Å². The molecule has 0 saturated carbocycles. The van der Waals surface area contributed by atoms with E-state index in [-0.39, 0.29) is 12.0 Å². The van der Waals surface area contributed by atoms with Crippen molar-refractivity contribution in [3.05, 3.63) is 35.4 Å². The first kappa shape index (κ1) is 14.0. The van der Waals surface area contributed by atoms with E-state index in [0.717, 1.165) is 25.1 Å². The largest absolute Gasteiger partial charge is 0.375 e. The van der Waals surface area contributed by atoms with Gasteiger partial charge in [0.25, 0.3) is 0 Å². The fourth-order valence-electron chi connectivity index (χ4n) is 2.12. The lowest BCUT2D eigenvalue weighted by Gasteiger charge is -2.23. The Bertz CT molecular complexity index is 397. The normalized spacial score (nSPS) is 19.1. The van der Waals surface area contributed by atoms with Gasteiger partial charge in [-0.15, -0.1) is 0 Å². The summed E-state index contributed by atoms with van der Waals surface area (Å²) in [7, 11) is 0. The van der Waals surface area contributed by atoms with E-state index in [9.17, 15) is 4.79 Å². The summed E-state index contributed by atoms with van der Waals surface area (Å²) in [6.45, 7) is 5.05. The molecule has 0 aromatic heterocycles. The van der Waals surface area contributed by atoms with Crippen molar-refractivity contribution in [1.29, 1.82) is 0 Å². The third-order valence-corrected chi connectivity index (χ3v) is 3.34. The molecule has 1 atom stereocenters. The molecule has 0 radical (unpaired) electrons. The van der Waals surface area contributed by atoms with Crippen LogP contribution >= 0.6 is 0 Å². The molecule has 1 saturated heterocycles. The van der Waals surface area contributed by atoms with Gasteiger partial charge in [-0.3, -0.25) is 4.79 Å². The lowest BCUT2D eigenvalue weighted by Crippen LogP contribution is -2.41. The zero-order chi connectivity index (χ0) is 13.5. The highest BCUT2D eigenvalue weighted by atomic mass is 16.5. The van der Waals surface area contributed by atoms with Crippen LogP contribution in [-0.2, 0) is 22.5 Å². The van der Waals surface area contributed by atoms with Crippen LogP contribution in [-0.4, -0.2) is 31.7 Å². The van der Waals surface area contributed by atoms with Gasteiger partial charge in [0.05, 0.1) is 19.1 Å². The van der Waals surface area contributed by atoms with E-state index >= 15 is 0 Å². The highest BCUT2D eigenvalue weighted by molar-refractivity contribution is 5.76. The van der Waals surface area contributed by atoms with Gasteiger partial charge in [0.15, 0.2) is 0 Å². The summed E-state index contributed by atoms with van der Waals surface area (Å²) in [5.74, 6) is 0.0493. The van der Waals surface area contributed by atoms with Crippen LogP contribution in [0.25, 0.3) is 0 Å². The number of nitrogens with one attached hydrogen (secondary N) is 2. The van der Waals surface area contributed by atoms with Crippen molar-refractivity contribution in [3.63, 3.8) is 0 Å². The zero-order valence-electron chi connectivity index (χ0n) is 11.4. The van der Waals surface area contributed by atoms with Crippen molar-refractivity contribution in [2.45, 2.75) is 32.4 Å². The first-order valence-corrected chi connectivity index (χ1v) is 6.94. The predicted octanol–water partition coefficient (Wildman–Crippen LogP) is 1.24. The number of hydrogen-bond acceptors (Lipinski definition) is 3. The molecule has 1 heterocycles. The number of aryl methyl sites for hydroxylation is 1. The first-order chi connectivity index (χ1) is 9.28. The molecule has 1 aromatic rings. The molecular weight excluding hydrogens is 240 g/mol. The molecule has 19 heavy (non-hydrogen) atoms. The van der Waals surface area contributed by atoms with E-state index in [2.05, 4.69) is 41.8 Å². The van der Waals surface area contributed by atoms with Gasteiger partial charge >= 0.3 is 0 Å². The Kier molecular flexibility index (Phi) is 5.36. The van der Waals surface area contributed by atoms with E-state index in [1.165, 1.54) is 5.56 Å². The third-order valence-electron chi connectivity index (χ3n) is 3.34. The van der Waals surface area contributed by atoms with Gasteiger partial charge in [-0.1, -0.05) is 31.2 Å². The average molecular weight is 262 g/mol. The molecule has 4 nitrogen and oxygen atoms in total. The topological polar surface area (TPSA) is 50.4 Å². The van der Waals surface area contributed by atoms with E-state index < -0.39 is 0 Å². The third kappa shape index (κ3) is 4.65. The summed E-state index contributed by atoms with van der Waals surface area (Å²) >= 11 is 0. The van der Waals surface area contributed by atoms with E-state index in [1.54, 1.807) is 0 Å². The number of carbonyl (C=O) groups is 1. The highest BCUT2D eigenvalue weighted by Crippen LogP contribution is 2.05. The Balaban J connectivity index is 1.72. The Morgan fingerprint density at radius 3 is 2.74 bits per heavy atom. The van der Waals surface area contributed by atoms with Crippen LogP contribution in [0.15, 0.2) is 24.3 Å². The van der Waals surface area contributed by atoms with E-state index in [4.69, 9.17) is 4.74 Å². The van der Waals surface area contributed by atoms with Gasteiger partial charge in [0.1, 0.15) is 0 Å². The van der Waals surface area contributed by atoms with Gasteiger partial charge in [0, 0.05) is 19.6 Å². The second kappa shape index (κ2) is 7.26. The SMILES string of the molecule is CCc1ccc(CNC(=O)CC2CNCCO2)cc1. The van der Waals surface area contributed by atoms with Crippen molar-refractivity contribution in [2.24, 2.45) is 0 Å². The standard InChI is InChI=1S/C15H22N2O2/c1-2-12-3-5-13(6-4-12)10-17-15(18)9-14-11-16-7-8-19-14/h3-6,14,16H,2,7-11H2,1H3,(H,17,18). The Morgan fingerprint density at radius 1 is 1.37 bits per heavy atom. The maximum absolute atomic E-state index is 11.8. The molecule has 1 aliphatic heterocycles. The average Bonchev–Trinajstić information content (AvgIpc) is 2.47. The molecular formula is C15H22N2O2. The molecule has 0 bridgehead atoms. The van der Waals surface area contributed by atoms with Crippen molar-refractivity contribution >= 4 is 5.91 Å². The number of ether oxygens (including phenoxy) is 1. The molecule has 1 fully saturated rings. The molecule has 104 valence electrons. The molecule has 1 unspecified atom stereocenters. The lowest BCUT2D eigenvalue weighted by atomic mass is 10.1. The quantitative estimate of drug-likeness (QED) is 0.839. The summed E-state index contributed by atoms with van der Waals surface area (Å²) in [5, 5.41) is 6.16. The maximum Gasteiger partial charge on any atom is 0.222 e. The zero-order valence-corrected chi connectivity index (χ0v) is 11.4. The highest BCUT2D eigenvalue weighted by Gasteiger charge is 2.16. The number of hydrogen-bond donors (Lipinski definition) is 2. The van der Waals surface area contributed by atoms with Crippen LogP contribution in [0, 0.1) is 0 Å². The molecule has 1 aromatic carbocycles. The second-order valence-electron chi connectivity index (χ2n) is 4.85. The fourth-order valence-corrected chi connectivity index (χ4v) is 2.12. The minimum absolute atomic E-state index is 0.0104. The molecule has 1 amide bonds. The van der Waals surface area contributed by atoms with Gasteiger partial charge in [0.2, 0.25) is 5.91 Å². The smallest absolute Gasteiger partial charge is 0.222 e. The number of carbonyl (C=O) groups excluding carboxylic acids is 1. The Hall–Kier alpha value is -1.39. The summed E-state index contributed by atoms with van der Waals surface area (Å²) in [5.41, 5.74) is 2.45. The van der Waals surface area contributed by atoms with Crippen LogP contribution in [0.5, 0.6) is 0 Å². The van der Waals surface area contributed by atoms with Gasteiger partial charge in [-0.25, -0.2) is 0 Å². The Labute approximate surface area is 114 Å². The van der Waals surface area contributed by atoms with Crippen LogP contribution in [0.4, 0.5) is 0 Å². The molecule has 1 aliphatic rings. The number of benzene rings is 1. The summed E-state index contributed by atoms with van der Waals surface area (Å²) in [6.07, 6.45) is 1.48. The molecule has 2 N–H and O–H groups in total. The van der Waals surface area contributed by atoms with Crippen LogP contribution < -0.4 is 10.6 Å². The number of rotatable bonds is 5. The van der Waals surface area contributed by atoms with Gasteiger partial charge in [-0.05, 0) is 17.5 Å².